The Morgan fingerprint density at radius 3 is 2.71 bits per heavy atom. The van der Waals surface area contributed by atoms with Gasteiger partial charge in [-0.05, 0) is 0 Å². The molecule has 0 aliphatic heterocycles. The van der Waals surface area contributed by atoms with E-state index in [1.54, 1.807) is 20.4 Å². The molecule has 2 nitrogen and oxygen atoms in total. The van der Waals surface area contributed by atoms with Crippen LogP contribution in [0.2, 0.25) is 0 Å². The van der Waals surface area contributed by atoms with Gasteiger partial charge < -0.3 is 0 Å². The first-order valence-electron chi connectivity index (χ1n) is 7.23. The summed E-state index contributed by atoms with van der Waals surface area (Å²) in [5.41, 5.74) is 1.08. The van der Waals surface area contributed by atoms with Gasteiger partial charge in [-0.2, -0.15) is 0 Å². The molecule has 1 radical (unpaired) electrons. The van der Waals surface area contributed by atoms with E-state index in [0.29, 0.717) is 6.42 Å². The number of rotatable bonds is 9. The topological polar surface area (TPSA) is 29.5 Å². The molecular weight excluding hydrogens is 251 g/mol. The van der Waals surface area contributed by atoms with Crippen molar-refractivity contribution in [3.8, 4) is 5.75 Å². The second kappa shape index (κ2) is 12.1. The van der Waals surface area contributed by atoms with E-state index in [1.807, 2.05) is 44.3 Å². The van der Waals surface area contributed by atoms with E-state index >= 15 is 0 Å². The van der Waals surface area contributed by atoms with Crippen LogP contribution in [0.1, 0.15) is 25.3 Å². The van der Waals surface area contributed by atoms with Crippen molar-refractivity contribution in [2.75, 3.05) is 0 Å². The van der Waals surface area contributed by atoms with E-state index in [1.165, 1.54) is 6.69 Å². The van der Waals surface area contributed by atoms with Crippen molar-refractivity contribution in [3.05, 3.63) is 29.8 Å². The van der Waals surface area contributed by atoms with Gasteiger partial charge >= 0.3 is 132 Å². The average molecular weight is 266 g/mol. The number of aliphatic hydroxyl groups excluding tert-OH is 1. The van der Waals surface area contributed by atoms with Gasteiger partial charge in [0.1, 0.15) is 0 Å². The van der Waals surface area contributed by atoms with Crippen molar-refractivity contribution >= 4 is 54.5 Å². The van der Waals surface area contributed by atoms with Gasteiger partial charge in [-0.15, -0.1) is 0 Å². The average Bonchev–Trinajstić information content (AvgIpc) is 2.47. The van der Waals surface area contributed by atoms with Gasteiger partial charge in [0.25, 0.3) is 0 Å². The maximum atomic E-state index is 9.83. The van der Waals surface area contributed by atoms with Gasteiger partial charge in [-0.1, -0.05) is 0 Å². The Bertz CT molecular complexity index is 517. The fraction of sp³-hybridized carbons (Fsp3) is 0.455. The summed E-state index contributed by atoms with van der Waals surface area (Å²) in [5.74, 6) is 0.770. The van der Waals surface area contributed by atoms with Crippen LogP contribution in [0.25, 0.3) is 0 Å². The molecule has 0 aliphatic rings. The molecule has 1 aromatic rings. The molecular formula is C11H15B8O2. The molecule has 1 rings (SSSR count). The maximum absolute atomic E-state index is 9.83. The SMILES string of the molecule is [B]=BB=BB=BB=BOc1cccc(CC(O)CCC)c1. The Hall–Kier alpha value is -0.501. The first-order valence-corrected chi connectivity index (χ1v) is 7.23. The first-order chi connectivity index (χ1) is 10.3. The van der Waals surface area contributed by atoms with Gasteiger partial charge in [-0.25, -0.2) is 0 Å². The zero-order valence-corrected chi connectivity index (χ0v) is 12.5. The van der Waals surface area contributed by atoms with E-state index < -0.39 is 0 Å². The quantitative estimate of drug-likeness (QED) is 0.592. The molecule has 0 aromatic heterocycles. The standard InChI is InChI=1S/C11H15B8O2/c1-2-4-10(20)7-9-5-3-6-11(8-9)21-19-18-17-16-15-14-13-12/h3,5-6,8,10,20H,2,4,7H2,1H3. The van der Waals surface area contributed by atoms with E-state index in [2.05, 4.69) is 6.92 Å². The fourth-order valence-corrected chi connectivity index (χ4v) is 1.87. The predicted octanol–water partition coefficient (Wildman–Crippen LogP) is -0.813. The molecule has 0 aliphatic carbocycles. The zero-order valence-electron chi connectivity index (χ0n) is 12.5. The van der Waals surface area contributed by atoms with E-state index in [-0.39, 0.29) is 6.10 Å². The summed E-state index contributed by atoms with van der Waals surface area (Å²) in [5, 5.41) is 9.83. The van der Waals surface area contributed by atoms with Crippen LogP contribution in [-0.4, -0.2) is 65.7 Å². The Labute approximate surface area is 132 Å². The third kappa shape index (κ3) is 9.18. The van der Waals surface area contributed by atoms with E-state index in [0.717, 1.165) is 24.2 Å². The molecule has 0 amide bonds. The van der Waals surface area contributed by atoms with Gasteiger partial charge in [0.15, 0.2) is 0 Å². The molecule has 0 bridgehead atoms. The number of hydrogen-bond acceptors (Lipinski definition) is 2. The van der Waals surface area contributed by atoms with Crippen LogP contribution in [0.5, 0.6) is 5.75 Å². The van der Waals surface area contributed by atoms with Crippen molar-refractivity contribution in [1.82, 2.24) is 0 Å². The van der Waals surface area contributed by atoms with Gasteiger partial charge in [0.2, 0.25) is 0 Å². The molecule has 0 saturated carbocycles. The van der Waals surface area contributed by atoms with Crippen molar-refractivity contribution in [1.29, 1.82) is 0 Å². The Balaban J connectivity index is 2.48. The van der Waals surface area contributed by atoms with E-state index in [9.17, 15) is 5.11 Å². The van der Waals surface area contributed by atoms with Crippen molar-refractivity contribution in [3.63, 3.8) is 0 Å². The summed E-state index contributed by atoms with van der Waals surface area (Å²) in [4.78, 5) is 0. The summed E-state index contributed by atoms with van der Waals surface area (Å²) in [6.07, 6.45) is 2.19. The fourth-order valence-electron chi connectivity index (χ4n) is 1.87. The normalized spacial score (nSPS) is 10.7. The van der Waals surface area contributed by atoms with E-state index in [4.69, 9.17) is 12.0 Å². The number of benzene rings is 1. The molecule has 1 aromatic carbocycles. The molecule has 21 heavy (non-hydrogen) atoms. The van der Waals surface area contributed by atoms with Crippen LogP contribution in [0, 0.1) is 0 Å². The minimum absolute atomic E-state index is 0.283. The van der Waals surface area contributed by atoms with Gasteiger partial charge in [0, 0.05) is 0 Å². The second-order valence-electron chi connectivity index (χ2n) is 4.70. The molecule has 0 fully saturated rings. The van der Waals surface area contributed by atoms with Crippen LogP contribution in [-0.2, 0) is 6.42 Å². The zero-order chi connectivity index (χ0) is 15.3. The monoisotopic (exact) mass is 267 g/mol. The van der Waals surface area contributed by atoms with Crippen molar-refractivity contribution in [2.24, 2.45) is 0 Å². The molecule has 0 spiro atoms. The molecule has 1 atom stereocenters. The summed E-state index contributed by atoms with van der Waals surface area (Å²) in [6, 6.07) is 7.79. The molecule has 1 N–H and O–H groups in total. The molecule has 0 heterocycles. The summed E-state index contributed by atoms with van der Waals surface area (Å²) in [6.45, 7) is 12.6. The summed E-state index contributed by atoms with van der Waals surface area (Å²) < 4.78 is 5.52. The Morgan fingerprint density at radius 2 is 1.95 bits per heavy atom. The third-order valence-electron chi connectivity index (χ3n) is 2.83. The number of aliphatic hydroxyl groups is 1. The van der Waals surface area contributed by atoms with Gasteiger partial charge in [-0.3, -0.25) is 0 Å². The summed E-state index contributed by atoms with van der Waals surface area (Å²) in [7, 11) is 6.83. The van der Waals surface area contributed by atoms with Crippen LogP contribution in [0.15, 0.2) is 24.3 Å². The Morgan fingerprint density at radius 1 is 1.19 bits per heavy atom. The van der Waals surface area contributed by atoms with Crippen LogP contribution in [0.3, 0.4) is 0 Å². The summed E-state index contributed by atoms with van der Waals surface area (Å²) >= 11 is 0. The van der Waals surface area contributed by atoms with Crippen molar-refractivity contribution in [2.45, 2.75) is 32.3 Å². The number of hydrogen-bond donors (Lipinski definition) is 1. The molecule has 95 valence electrons. The molecule has 10 heteroatoms. The van der Waals surface area contributed by atoms with Crippen LogP contribution >= 0.6 is 0 Å². The molecule has 0 saturated heterocycles. The molecule has 1 unspecified atom stereocenters. The first kappa shape index (κ1) is 18.5. The van der Waals surface area contributed by atoms with Crippen molar-refractivity contribution < 1.29 is 9.76 Å². The Kier molecular flexibility index (Phi) is 10.7. The second-order valence-corrected chi connectivity index (χ2v) is 4.70. The van der Waals surface area contributed by atoms with Crippen LogP contribution in [0.4, 0.5) is 0 Å². The van der Waals surface area contributed by atoms with Crippen LogP contribution < -0.4 is 4.65 Å². The predicted molar refractivity (Wildman–Crippen MR) is 97.7 cm³/mol. The minimum atomic E-state index is -0.283. The van der Waals surface area contributed by atoms with Gasteiger partial charge in [0.05, 0.1) is 0 Å². The third-order valence-corrected chi connectivity index (χ3v) is 2.83.